The van der Waals surface area contributed by atoms with Crippen LogP contribution in [-0.2, 0) is 25.7 Å². The Morgan fingerprint density at radius 3 is 2.35 bits per heavy atom. The van der Waals surface area contributed by atoms with E-state index in [9.17, 15) is 27.6 Å². The number of hydrogen-bond acceptors (Lipinski definition) is 6. The van der Waals surface area contributed by atoms with Crippen molar-refractivity contribution < 1.29 is 37.0 Å². The van der Waals surface area contributed by atoms with Gasteiger partial charge in [-0.1, -0.05) is 6.07 Å². The number of amides is 2. The van der Waals surface area contributed by atoms with E-state index in [1.807, 2.05) is 0 Å². The van der Waals surface area contributed by atoms with Crippen LogP contribution in [0.15, 0.2) is 18.2 Å². The van der Waals surface area contributed by atoms with Gasteiger partial charge in [0.2, 0.25) is 11.8 Å². The third-order valence-electron chi connectivity index (χ3n) is 5.66. The highest BCUT2D eigenvalue weighted by molar-refractivity contribution is 6.01. The predicted octanol–water partition coefficient (Wildman–Crippen LogP) is 3.34. The van der Waals surface area contributed by atoms with Crippen molar-refractivity contribution in [2.75, 3.05) is 6.61 Å². The van der Waals surface area contributed by atoms with E-state index in [2.05, 4.69) is 15.4 Å². The van der Waals surface area contributed by atoms with Crippen LogP contribution in [0.4, 0.5) is 13.2 Å². The zero-order valence-corrected chi connectivity index (χ0v) is 19.3. The number of rotatable bonds is 8. The molecule has 11 heteroatoms. The predicted molar refractivity (Wildman–Crippen MR) is 114 cm³/mol. The standard InChI is InChI=1S/C23H28F3N3O5/c1-4-33-21(32)22(2,3)20(31)29-17-9-7-15(8-10-17)19(30)28-13-16-6-5-14(12-27)11-18(16)34-23(24,25)26/h5-6,11,15,17H,4,7-10,13H2,1-3H3,(H,28,30)(H,29,31)/t15-,17+. The third kappa shape index (κ3) is 7.37. The van der Waals surface area contributed by atoms with Crippen LogP contribution in [0.1, 0.15) is 57.6 Å². The van der Waals surface area contributed by atoms with Gasteiger partial charge in [-0.15, -0.1) is 13.2 Å². The fourth-order valence-electron chi connectivity index (χ4n) is 3.59. The van der Waals surface area contributed by atoms with Crippen molar-refractivity contribution in [2.45, 2.75) is 65.4 Å². The van der Waals surface area contributed by atoms with Crippen molar-refractivity contribution in [3.63, 3.8) is 0 Å². The maximum atomic E-state index is 12.7. The van der Waals surface area contributed by atoms with Gasteiger partial charge in [0.15, 0.2) is 0 Å². The van der Waals surface area contributed by atoms with Gasteiger partial charge in [0, 0.05) is 24.1 Å². The molecular weight excluding hydrogens is 455 g/mol. The fraction of sp³-hybridized carbons (Fsp3) is 0.565. The SMILES string of the molecule is CCOC(=O)C(C)(C)C(=O)N[C@H]1CC[C@@H](C(=O)NCc2ccc(C#N)cc2OC(F)(F)F)CC1. The second-order valence-corrected chi connectivity index (χ2v) is 8.57. The lowest BCUT2D eigenvalue weighted by Crippen LogP contribution is -2.48. The summed E-state index contributed by atoms with van der Waals surface area (Å²) in [4.78, 5) is 37.1. The highest BCUT2D eigenvalue weighted by Gasteiger charge is 2.39. The molecule has 2 rings (SSSR count). The zero-order chi connectivity index (χ0) is 25.5. The van der Waals surface area contributed by atoms with Gasteiger partial charge in [0.25, 0.3) is 0 Å². The number of hydrogen-bond donors (Lipinski definition) is 2. The highest BCUT2D eigenvalue weighted by Crippen LogP contribution is 2.29. The second-order valence-electron chi connectivity index (χ2n) is 8.57. The van der Waals surface area contributed by atoms with Gasteiger partial charge in [-0.25, -0.2) is 0 Å². The van der Waals surface area contributed by atoms with Gasteiger partial charge in [0.1, 0.15) is 11.2 Å². The van der Waals surface area contributed by atoms with E-state index in [0.717, 1.165) is 6.07 Å². The Kier molecular flexibility index (Phi) is 8.90. The van der Waals surface area contributed by atoms with Crippen molar-refractivity contribution >= 4 is 17.8 Å². The van der Waals surface area contributed by atoms with Crippen molar-refractivity contribution in [1.29, 1.82) is 5.26 Å². The van der Waals surface area contributed by atoms with Crippen molar-refractivity contribution in [1.82, 2.24) is 10.6 Å². The molecule has 8 nitrogen and oxygen atoms in total. The first-order valence-electron chi connectivity index (χ1n) is 10.9. The van der Waals surface area contributed by atoms with Crippen LogP contribution in [0.5, 0.6) is 5.75 Å². The molecular formula is C23H28F3N3O5. The molecule has 1 aliphatic carbocycles. The highest BCUT2D eigenvalue weighted by atomic mass is 19.4. The van der Waals surface area contributed by atoms with E-state index < -0.39 is 29.4 Å². The van der Waals surface area contributed by atoms with Gasteiger partial charge in [-0.3, -0.25) is 14.4 Å². The van der Waals surface area contributed by atoms with Crippen LogP contribution in [0.3, 0.4) is 0 Å². The summed E-state index contributed by atoms with van der Waals surface area (Å²) in [6.45, 7) is 4.60. The molecule has 34 heavy (non-hydrogen) atoms. The number of carbonyl (C=O) groups excluding carboxylic acids is 3. The first kappa shape index (κ1) is 27.0. The molecule has 1 aromatic carbocycles. The Hall–Kier alpha value is -3.29. The number of alkyl halides is 3. The minimum absolute atomic E-state index is 0.000769. The maximum absolute atomic E-state index is 12.7. The quantitative estimate of drug-likeness (QED) is 0.433. The van der Waals surface area contributed by atoms with E-state index in [4.69, 9.17) is 10.00 Å². The smallest absolute Gasteiger partial charge is 0.465 e. The van der Waals surface area contributed by atoms with Crippen LogP contribution >= 0.6 is 0 Å². The molecule has 0 aliphatic heterocycles. The minimum atomic E-state index is -4.93. The summed E-state index contributed by atoms with van der Waals surface area (Å²) < 4.78 is 47.0. The Bertz CT molecular complexity index is 948. The number of ether oxygens (including phenoxy) is 2. The summed E-state index contributed by atoms with van der Waals surface area (Å²) in [7, 11) is 0. The molecule has 0 heterocycles. The summed E-state index contributed by atoms with van der Waals surface area (Å²) in [5.74, 6) is -2.29. The number of benzene rings is 1. The van der Waals surface area contributed by atoms with Crippen LogP contribution < -0.4 is 15.4 Å². The van der Waals surface area contributed by atoms with Gasteiger partial charge in [-0.2, -0.15) is 5.26 Å². The van der Waals surface area contributed by atoms with E-state index in [-0.39, 0.29) is 42.1 Å². The largest absolute Gasteiger partial charge is 0.573 e. The first-order chi connectivity index (χ1) is 15.9. The Morgan fingerprint density at radius 2 is 1.79 bits per heavy atom. The minimum Gasteiger partial charge on any atom is -0.465 e. The van der Waals surface area contributed by atoms with E-state index in [1.165, 1.54) is 26.0 Å². The number of carbonyl (C=O) groups is 3. The molecule has 0 bridgehead atoms. The Balaban J connectivity index is 1.90. The molecule has 0 aromatic heterocycles. The van der Waals surface area contributed by atoms with Crippen LogP contribution in [0, 0.1) is 22.7 Å². The number of nitriles is 1. The molecule has 2 amide bonds. The molecule has 186 valence electrons. The monoisotopic (exact) mass is 483 g/mol. The van der Waals surface area contributed by atoms with Gasteiger partial charge in [0.05, 0.1) is 18.2 Å². The van der Waals surface area contributed by atoms with Crippen molar-refractivity contribution in [3.8, 4) is 11.8 Å². The molecule has 1 aliphatic rings. The molecule has 1 aromatic rings. The lowest BCUT2D eigenvalue weighted by atomic mass is 9.84. The van der Waals surface area contributed by atoms with E-state index in [0.29, 0.717) is 25.7 Å². The molecule has 0 atom stereocenters. The van der Waals surface area contributed by atoms with Gasteiger partial charge < -0.3 is 20.1 Å². The zero-order valence-electron chi connectivity index (χ0n) is 19.3. The van der Waals surface area contributed by atoms with Crippen LogP contribution in [-0.4, -0.2) is 36.8 Å². The average Bonchev–Trinajstić information content (AvgIpc) is 2.77. The number of esters is 1. The first-order valence-corrected chi connectivity index (χ1v) is 10.9. The van der Waals surface area contributed by atoms with Crippen LogP contribution in [0.25, 0.3) is 0 Å². The summed E-state index contributed by atoms with van der Waals surface area (Å²) >= 11 is 0. The molecule has 0 unspecified atom stereocenters. The number of halogens is 3. The molecule has 0 saturated heterocycles. The molecule has 1 saturated carbocycles. The maximum Gasteiger partial charge on any atom is 0.573 e. The van der Waals surface area contributed by atoms with Crippen LogP contribution in [0.2, 0.25) is 0 Å². The summed E-state index contributed by atoms with van der Waals surface area (Å²) in [5.41, 5.74) is -1.24. The molecule has 2 N–H and O–H groups in total. The second kappa shape index (κ2) is 11.2. The number of nitrogens with one attached hydrogen (secondary N) is 2. The number of nitrogens with zero attached hydrogens (tertiary/aromatic N) is 1. The Labute approximate surface area is 195 Å². The van der Waals surface area contributed by atoms with Crippen molar-refractivity contribution in [3.05, 3.63) is 29.3 Å². The lowest BCUT2D eigenvalue weighted by molar-refractivity contribution is -0.274. The molecule has 0 spiro atoms. The lowest BCUT2D eigenvalue weighted by Gasteiger charge is -2.31. The van der Waals surface area contributed by atoms with E-state index in [1.54, 1.807) is 13.0 Å². The summed E-state index contributed by atoms with van der Waals surface area (Å²) in [6.07, 6.45) is -2.96. The normalized spacial score (nSPS) is 18.4. The van der Waals surface area contributed by atoms with Crippen molar-refractivity contribution in [2.24, 2.45) is 11.3 Å². The molecule has 0 radical (unpaired) electrons. The van der Waals surface area contributed by atoms with Gasteiger partial charge >= 0.3 is 12.3 Å². The molecule has 1 fully saturated rings. The Morgan fingerprint density at radius 1 is 1.15 bits per heavy atom. The topological polar surface area (TPSA) is 118 Å². The summed E-state index contributed by atoms with van der Waals surface area (Å²) in [5, 5.41) is 14.4. The third-order valence-corrected chi connectivity index (χ3v) is 5.66. The summed E-state index contributed by atoms with van der Waals surface area (Å²) in [6, 6.07) is 5.17. The van der Waals surface area contributed by atoms with Gasteiger partial charge in [-0.05, 0) is 58.6 Å². The fourth-order valence-corrected chi connectivity index (χ4v) is 3.59. The average molecular weight is 483 g/mol. The van der Waals surface area contributed by atoms with E-state index >= 15 is 0 Å².